The number of nitrogens with zero attached hydrogens (tertiary/aromatic N) is 3. The summed E-state index contributed by atoms with van der Waals surface area (Å²) in [6, 6.07) is 10.4. The molecule has 39 heavy (non-hydrogen) atoms. The number of cyclic esters (lactones) is 1. The Morgan fingerprint density at radius 1 is 1.18 bits per heavy atom. The molecule has 0 spiro atoms. The summed E-state index contributed by atoms with van der Waals surface area (Å²) in [5.41, 5.74) is 2.55. The molecule has 0 bridgehead atoms. The van der Waals surface area contributed by atoms with Gasteiger partial charge < -0.3 is 23.9 Å². The SMILES string of the molecule is CCc1c2c(nc3ccc(OCOC(=O)c4cccnc4)cc13)-c1cc3c(c(=O)n1C2)COC(=O)[C@]3(O)CC. The van der Waals surface area contributed by atoms with Gasteiger partial charge in [0.15, 0.2) is 5.60 Å². The van der Waals surface area contributed by atoms with Gasteiger partial charge in [-0.1, -0.05) is 13.8 Å². The van der Waals surface area contributed by atoms with E-state index < -0.39 is 17.5 Å². The van der Waals surface area contributed by atoms with Crippen molar-refractivity contribution in [3.63, 3.8) is 0 Å². The van der Waals surface area contributed by atoms with Crippen molar-refractivity contribution in [3.05, 3.63) is 87.0 Å². The van der Waals surface area contributed by atoms with Gasteiger partial charge in [0, 0.05) is 28.9 Å². The second kappa shape index (κ2) is 9.32. The van der Waals surface area contributed by atoms with Crippen molar-refractivity contribution in [2.75, 3.05) is 6.79 Å². The minimum atomic E-state index is -1.87. The number of hydrogen-bond acceptors (Lipinski definition) is 9. The van der Waals surface area contributed by atoms with Crippen LogP contribution in [0.1, 0.15) is 52.9 Å². The van der Waals surface area contributed by atoms with E-state index in [9.17, 15) is 19.5 Å². The van der Waals surface area contributed by atoms with Crippen molar-refractivity contribution in [2.24, 2.45) is 0 Å². The Kier molecular flexibility index (Phi) is 5.91. The standard InChI is InChI=1S/C29H25N3O7/c1-3-18-19-10-17(38-15-39-27(34)16-6-5-9-30-12-16)7-8-23(19)31-25-20(18)13-32-24(25)11-22-21(26(32)33)14-37-28(35)29(22,36)4-2/h5-12,36H,3-4,13-15H2,1-2H3/t29-/m0/s1. The van der Waals surface area contributed by atoms with Crippen LogP contribution >= 0.6 is 0 Å². The van der Waals surface area contributed by atoms with Gasteiger partial charge in [0.1, 0.15) is 12.4 Å². The molecule has 0 aliphatic carbocycles. The number of aliphatic hydroxyl groups is 1. The Bertz CT molecular complexity index is 1710. The Morgan fingerprint density at radius 2 is 2.03 bits per heavy atom. The summed E-state index contributed by atoms with van der Waals surface area (Å²) >= 11 is 0. The molecule has 0 amide bonds. The van der Waals surface area contributed by atoms with Crippen molar-refractivity contribution < 1.29 is 28.9 Å². The van der Waals surface area contributed by atoms with Gasteiger partial charge in [0.05, 0.1) is 34.6 Å². The number of benzene rings is 1. The number of aryl methyl sites for hydroxylation is 1. The van der Waals surface area contributed by atoms with Crippen LogP contribution in [0.5, 0.6) is 5.75 Å². The Balaban J connectivity index is 1.35. The van der Waals surface area contributed by atoms with Crippen LogP contribution in [0.4, 0.5) is 0 Å². The zero-order valence-electron chi connectivity index (χ0n) is 21.4. The number of esters is 2. The first-order chi connectivity index (χ1) is 18.9. The van der Waals surface area contributed by atoms with Gasteiger partial charge in [-0.15, -0.1) is 0 Å². The lowest BCUT2D eigenvalue weighted by molar-refractivity contribution is -0.172. The van der Waals surface area contributed by atoms with E-state index in [0.29, 0.717) is 41.2 Å². The fourth-order valence-corrected chi connectivity index (χ4v) is 5.35. The van der Waals surface area contributed by atoms with E-state index in [1.165, 1.54) is 6.20 Å². The molecule has 198 valence electrons. The molecule has 2 aliphatic rings. The van der Waals surface area contributed by atoms with Crippen LogP contribution in [0.25, 0.3) is 22.3 Å². The highest BCUT2D eigenvalue weighted by molar-refractivity contribution is 5.90. The van der Waals surface area contributed by atoms with Gasteiger partial charge in [-0.25, -0.2) is 14.6 Å². The van der Waals surface area contributed by atoms with E-state index in [1.54, 1.807) is 42.0 Å². The van der Waals surface area contributed by atoms with E-state index in [4.69, 9.17) is 19.2 Å². The maximum absolute atomic E-state index is 13.5. The Hall–Kier alpha value is -4.57. The second-order valence-electron chi connectivity index (χ2n) is 9.49. The van der Waals surface area contributed by atoms with Crippen LogP contribution in [0.3, 0.4) is 0 Å². The highest BCUT2D eigenvalue weighted by Crippen LogP contribution is 2.40. The maximum atomic E-state index is 13.5. The first kappa shape index (κ1) is 24.7. The normalized spacial score (nSPS) is 17.3. The predicted molar refractivity (Wildman–Crippen MR) is 139 cm³/mol. The first-order valence-corrected chi connectivity index (χ1v) is 12.7. The van der Waals surface area contributed by atoms with E-state index in [2.05, 4.69) is 4.98 Å². The minimum Gasteiger partial charge on any atom is -0.458 e. The molecular formula is C29H25N3O7. The Labute approximate surface area is 222 Å². The molecule has 0 fully saturated rings. The number of ether oxygens (including phenoxy) is 3. The summed E-state index contributed by atoms with van der Waals surface area (Å²) in [5.74, 6) is -0.783. The molecule has 5 heterocycles. The number of carbonyl (C=O) groups is 2. The summed E-state index contributed by atoms with van der Waals surface area (Å²) < 4.78 is 17.7. The minimum absolute atomic E-state index is 0.0836. The molecule has 0 unspecified atom stereocenters. The lowest BCUT2D eigenvalue weighted by atomic mass is 9.86. The van der Waals surface area contributed by atoms with Gasteiger partial charge in [0.2, 0.25) is 6.79 Å². The summed E-state index contributed by atoms with van der Waals surface area (Å²) in [5, 5.41) is 11.9. The number of aromatic nitrogens is 3. The molecule has 0 saturated carbocycles. The van der Waals surface area contributed by atoms with Crippen molar-refractivity contribution >= 4 is 22.8 Å². The zero-order valence-corrected chi connectivity index (χ0v) is 21.4. The average molecular weight is 528 g/mol. The van der Waals surface area contributed by atoms with E-state index in [-0.39, 0.29) is 36.5 Å². The largest absolute Gasteiger partial charge is 0.458 e. The van der Waals surface area contributed by atoms with Gasteiger partial charge in [-0.3, -0.25) is 9.78 Å². The highest BCUT2D eigenvalue weighted by Gasteiger charge is 2.45. The monoisotopic (exact) mass is 527 g/mol. The fraction of sp³-hybridized carbons (Fsp3) is 0.276. The third-order valence-electron chi connectivity index (χ3n) is 7.44. The zero-order chi connectivity index (χ0) is 27.3. The van der Waals surface area contributed by atoms with Crippen LogP contribution in [0.15, 0.2) is 53.6 Å². The van der Waals surface area contributed by atoms with Crippen LogP contribution in [-0.2, 0) is 39.4 Å². The lowest BCUT2D eigenvalue weighted by Gasteiger charge is -2.31. The van der Waals surface area contributed by atoms with Crippen molar-refractivity contribution in [1.29, 1.82) is 0 Å². The quantitative estimate of drug-likeness (QED) is 0.261. The molecule has 1 aromatic carbocycles. The van der Waals surface area contributed by atoms with Crippen LogP contribution in [0.2, 0.25) is 0 Å². The fourth-order valence-electron chi connectivity index (χ4n) is 5.35. The number of hydrogen-bond donors (Lipinski definition) is 1. The molecule has 1 atom stereocenters. The number of carbonyl (C=O) groups excluding carboxylic acids is 2. The van der Waals surface area contributed by atoms with E-state index >= 15 is 0 Å². The van der Waals surface area contributed by atoms with Crippen molar-refractivity contribution in [1.82, 2.24) is 14.5 Å². The van der Waals surface area contributed by atoms with Crippen LogP contribution < -0.4 is 10.3 Å². The summed E-state index contributed by atoms with van der Waals surface area (Å²) in [6.45, 7) is 3.57. The predicted octanol–water partition coefficient (Wildman–Crippen LogP) is 3.23. The molecule has 10 heteroatoms. The summed E-state index contributed by atoms with van der Waals surface area (Å²) in [7, 11) is 0. The smallest absolute Gasteiger partial charge is 0.343 e. The highest BCUT2D eigenvalue weighted by atomic mass is 16.7. The molecule has 4 aromatic rings. The molecule has 6 rings (SSSR count). The summed E-state index contributed by atoms with van der Waals surface area (Å²) in [4.78, 5) is 46.8. The van der Waals surface area contributed by atoms with Crippen LogP contribution in [0, 0.1) is 0 Å². The van der Waals surface area contributed by atoms with Gasteiger partial charge >= 0.3 is 11.9 Å². The number of fused-ring (bicyclic) bond motifs is 5. The van der Waals surface area contributed by atoms with E-state index in [1.807, 2.05) is 19.1 Å². The molecule has 0 radical (unpaired) electrons. The first-order valence-electron chi connectivity index (χ1n) is 12.7. The number of pyridine rings is 3. The Morgan fingerprint density at radius 3 is 2.77 bits per heavy atom. The molecular weight excluding hydrogens is 502 g/mol. The summed E-state index contributed by atoms with van der Waals surface area (Å²) in [6.07, 6.45) is 3.75. The number of rotatable bonds is 6. The molecule has 0 saturated heterocycles. The van der Waals surface area contributed by atoms with Gasteiger partial charge in [0.25, 0.3) is 5.56 Å². The molecule has 10 nitrogen and oxygen atoms in total. The molecule has 2 aliphatic heterocycles. The third kappa shape index (κ3) is 3.87. The van der Waals surface area contributed by atoms with Crippen LogP contribution in [-0.4, -0.2) is 38.4 Å². The van der Waals surface area contributed by atoms with Gasteiger partial charge in [-0.05, 0) is 54.8 Å². The second-order valence-corrected chi connectivity index (χ2v) is 9.49. The molecule has 1 N–H and O–H groups in total. The lowest BCUT2D eigenvalue weighted by Crippen LogP contribution is -2.44. The molecule has 3 aromatic heterocycles. The average Bonchev–Trinajstić information content (AvgIpc) is 3.33. The maximum Gasteiger partial charge on any atom is 0.343 e. The van der Waals surface area contributed by atoms with E-state index in [0.717, 1.165) is 16.5 Å². The van der Waals surface area contributed by atoms with Crippen molar-refractivity contribution in [3.8, 4) is 17.1 Å². The third-order valence-corrected chi connectivity index (χ3v) is 7.44. The van der Waals surface area contributed by atoms with Gasteiger partial charge in [-0.2, -0.15) is 0 Å². The van der Waals surface area contributed by atoms with Crippen molar-refractivity contribution in [2.45, 2.75) is 45.4 Å². The topological polar surface area (TPSA) is 130 Å².